The molecule has 3 N–H and O–H groups in total. The maximum atomic E-state index is 13.0. The number of hydrogen-bond donors (Lipinski definition) is 3. The third-order valence-corrected chi connectivity index (χ3v) is 6.39. The Kier molecular flexibility index (Phi) is 13.2. The largest absolute Gasteiger partial charge is 0.489 e. The van der Waals surface area contributed by atoms with Gasteiger partial charge in [-0.25, -0.2) is 4.79 Å². The first-order chi connectivity index (χ1) is 20.4. The van der Waals surface area contributed by atoms with Crippen LogP contribution in [0.1, 0.15) is 65.3 Å². The van der Waals surface area contributed by atoms with Crippen LogP contribution in [0.15, 0.2) is 78.9 Å². The highest BCUT2D eigenvalue weighted by Gasteiger charge is 2.18. The molecule has 0 aliphatic carbocycles. The molecule has 9 heteroatoms. The van der Waals surface area contributed by atoms with Gasteiger partial charge in [-0.05, 0) is 67.8 Å². The van der Waals surface area contributed by atoms with E-state index in [9.17, 15) is 19.2 Å². The minimum atomic E-state index is -1.04. The lowest BCUT2D eigenvalue weighted by atomic mass is 10.0. The average molecular weight is 575 g/mol. The van der Waals surface area contributed by atoms with Crippen molar-refractivity contribution in [1.29, 1.82) is 0 Å². The zero-order chi connectivity index (χ0) is 30.2. The first-order valence-electron chi connectivity index (χ1n) is 14.2. The molecule has 0 heterocycles. The number of aromatic carboxylic acids is 1. The number of benzene rings is 3. The lowest BCUT2D eigenvalue weighted by Crippen LogP contribution is -2.36. The number of anilines is 1. The molecule has 0 spiro atoms. The number of Topliss-reactive ketones (excluding diaryl/α,β-unsaturated/α-hetero) is 1. The van der Waals surface area contributed by atoms with Gasteiger partial charge in [-0.3, -0.25) is 14.4 Å². The smallest absolute Gasteiger partial charge is 0.335 e. The summed E-state index contributed by atoms with van der Waals surface area (Å²) in [5.74, 6) is -1.36. The van der Waals surface area contributed by atoms with Gasteiger partial charge in [-0.2, -0.15) is 0 Å². The number of ketones is 1. The van der Waals surface area contributed by atoms with Crippen molar-refractivity contribution < 1.29 is 33.8 Å². The van der Waals surface area contributed by atoms with Gasteiger partial charge in [0.2, 0.25) is 5.91 Å². The molecular formula is C33H38N2O7. The van der Waals surface area contributed by atoms with Crippen molar-refractivity contribution in [3.63, 3.8) is 0 Å². The third kappa shape index (κ3) is 11.2. The number of para-hydroxylation sites is 1. The van der Waals surface area contributed by atoms with Crippen molar-refractivity contribution in [2.75, 3.05) is 25.0 Å². The summed E-state index contributed by atoms with van der Waals surface area (Å²) in [6.45, 7) is 3.23. The molecule has 3 aromatic carbocycles. The lowest BCUT2D eigenvalue weighted by molar-refractivity contribution is -0.150. The van der Waals surface area contributed by atoms with E-state index >= 15 is 0 Å². The number of aryl methyl sites for hydroxylation is 1. The first-order valence-corrected chi connectivity index (χ1v) is 14.2. The van der Waals surface area contributed by atoms with Crippen molar-refractivity contribution in [2.45, 2.75) is 51.6 Å². The monoisotopic (exact) mass is 574 g/mol. The van der Waals surface area contributed by atoms with Gasteiger partial charge >= 0.3 is 11.9 Å². The summed E-state index contributed by atoms with van der Waals surface area (Å²) in [5, 5.41) is 14.9. The van der Waals surface area contributed by atoms with Crippen LogP contribution in [0.4, 0.5) is 5.69 Å². The fourth-order valence-corrected chi connectivity index (χ4v) is 4.17. The van der Waals surface area contributed by atoms with E-state index in [1.807, 2.05) is 37.3 Å². The van der Waals surface area contributed by atoms with Crippen molar-refractivity contribution in [3.05, 3.63) is 95.6 Å². The summed E-state index contributed by atoms with van der Waals surface area (Å²) in [6.07, 6.45) is 1.74. The van der Waals surface area contributed by atoms with Crippen LogP contribution in [-0.2, 0) is 20.7 Å². The van der Waals surface area contributed by atoms with Gasteiger partial charge in [-0.1, -0.05) is 49.4 Å². The Morgan fingerprint density at radius 1 is 0.857 bits per heavy atom. The maximum Gasteiger partial charge on any atom is 0.335 e. The van der Waals surface area contributed by atoms with Gasteiger partial charge < -0.3 is 25.2 Å². The second kappa shape index (κ2) is 17.3. The zero-order valence-corrected chi connectivity index (χ0v) is 23.8. The standard InChI is InChI=1S/C33H38N2O7/c1-2-21-34-22-27(42-32(38)14-8-13-31(37)35-26-18-16-25(17-19-26)33(39)40)23-41-30-12-7-6-11-28(30)29(36)20-15-24-9-4-3-5-10-24/h3-7,9-12,16-19,27,34H,2,8,13-15,20-23H2,1H3,(H,35,37)(H,39,40). The summed E-state index contributed by atoms with van der Waals surface area (Å²) >= 11 is 0. The molecule has 0 fully saturated rings. The first kappa shape index (κ1) is 32.0. The number of carbonyl (C=O) groups is 4. The minimum absolute atomic E-state index is 0.0248. The molecule has 0 saturated heterocycles. The molecule has 0 aliphatic heterocycles. The molecule has 1 unspecified atom stereocenters. The van der Waals surface area contributed by atoms with E-state index in [0.29, 0.717) is 36.4 Å². The van der Waals surface area contributed by atoms with Gasteiger partial charge in [0.15, 0.2) is 5.78 Å². The number of esters is 1. The number of nitrogens with one attached hydrogen (secondary N) is 2. The van der Waals surface area contributed by atoms with E-state index in [1.54, 1.807) is 24.3 Å². The number of amides is 1. The Labute approximate surface area is 246 Å². The molecule has 0 saturated carbocycles. The Morgan fingerprint density at radius 2 is 1.57 bits per heavy atom. The second-order valence-corrected chi connectivity index (χ2v) is 9.82. The quantitative estimate of drug-likeness (QED) is 0.106. The van der Waals surface area contributed by atoms with E-state index in [1.165, 1.54) is 24.3 Å². The van der Waals surface area contributed by atoms with Crippen LogP contribution in [-0.4, -0.2) is 54.5 Å². The molecule has 1 amide bonds. The number of ether oxygens (including phenoxy) is 2. The summed E-state index contributed by atoms with van der Waals surface area (Å²) < 4.78 is 11.7. The van der Waals surface area contributed by atoms with E-state index in [2.05, 4.69) is 10.6 Å². The maximum absolute atomic E-state index is 13.0. The summed E-state index contributed by atoms with van der Waals surface area (Å²) in [7, 11) is 0. The highest BCUT2D eigenvalue weighted by atomic mass is 16.6. The van der Waals surface area contributed by atoms with E-state index in [-0.39, 0.29) is 43.1 Å². The predicted octanol–water partition coefficient (Wildman–Crippen LogP) is 5.30. The van der Waals surface area contributed by atoms with Crippen molar-refractivity contribution in [2.24, 2.45) is 0 Å². The number of hydrogen-bond acceptors (Lipinski definition) is 7. The number of rotatable bonds is 18. The van der Waals surface area contributed by atoms with Crippen LogP contribution in [0.25, 0.3) is 0 Å². The molecule has 3 aromatic rings. The average Bonchev–Trinajstić information content (AvgIpc) is 2.99. The normalized spacial score (nSPS) is 11.4. The molecule has 0 bridgehead atoms. The molecule has 0 aliphatic rings. The zero-order valence-electron chi connectivity index (χ0n) is 23.8. The van der Waals surface area contributed by atoms with Gasteiger partial charge in [0.1, 0.15) is 18.5 Å². The fourth-order valence-electron chi connectivity index (χ4n) is 4.17. The van der Waals surface area contributed by atoms with Gasteiger partial charge in [0, 0.05) is 31.5 Å². The molecule has 0 aromatic heterocycles. The van der Waals surface area contributed by atoms with E-state index < -0.39 is 18.0 Å². The summed E-state index contributed by atoms with van der Waals surface area (Å²) in [4.78, 5) is 48.8. The molecule has 1 atom stereocenters. The van der Waals surface area contributed by atoms with Gasteiger partial charge in [-0.15, -0.1) is 0 Å². The lowest BCUT2D eigenvalue weighted by Gasteiger charge is -2.20. The Balaban J connectivity index is 1.48. The third-order valence-electron chi connectivity index (χ3n) is 6.39. The Morgan fingerprint density at radius 3 is 2.29 bits per heavy atom. The van der Waals surface area contributed by atoms with Crippen molar-refractivity contribution in [1.82, 2.24) is 5.32 Å². The SMILES string of the molecule is CCCNCC(COc1ccccc1C(=O)CCc1ccccc1)OC(=O)CCCC(=O)Nc1ccc(C(=O)O)cc1. The van der Waals surface area contributed by atoms with E-state index in [4.69, 9.17) is 14.6 Å². The van der Waals surface area contributed by atoms with Crippen molar-refractivity contribution in [3.8, 4) is 5.75 Å². The van der Waals surface area contributed by atoms with Crippen LogP contribution in [0, 0.1) is 0 Å². The second-order valence-electron chi connectivity index (χ2n) is 9.82. The molecular weight excluding hydrogens is 536 g/mol. The molecule has 0 radical (unpaired) electrons. The van der Waals surface area contributed by atoms with Gasteiger partial charge in [0.05, 0.1) is 11.1 Å². The molecule has 222 valence electrons. The molecule has 42 heavy (non-hydrogen) atoms. The molecule has 3 rings (SSSR count). The predicted molar refractivity (Wildman–Crippen MR) is 160 cm³/mol. The number of carbonyl (C=O) groups excluding carboxylic acids is 3. The van der Waals surface area contributed by atoms with Crippen LogP contribution < -0.4 is 15.4 Å². The topological polar surface area (TPSA) is 131 Å². The molecule has 9 nitrogen and oxygen atoms in total. The summed E-state index contributed by atoms with van der Waals surface area (Å²) in [6, 6.07) is 22.7. The minimum Gasteiger partial charge on any atom is -0.489 e. The summed E-state index contributed by atoms with van der Waals surface area (Å²) in [5.41, 5.74) is 2.18. The van der Waals surface area contributed by atoms with Gasteiger partial charge in [0.25, 0.3) is 0 Å². The van der Waals surface area contributed by atoms with Crippen molar-refractivity contribution >= 4 is 29.3 Å². The highest BCUT2D eigenvalue weighted by Crippen LogP contribution is 2.21. The fraction of sp³-hybridized carbons (Fsp3) is 0.333. The number of carboxylic acids is 1. The van der Waals surface area contributed by atoms with Crippen LogP contribution in [0.5, 0.6) is 5.75 Å². The van der Waals surface area contributed by atoms with Crippen LogP contribution >= 0.6 is 0 Å². The Hall–Kier alpha value is -4.50. The van der Waals surface area contributed by atoms with Crippen LogP contribution in [0.2, 0.25) is 0 Å². The van der Waals surface area contributed by atoms with E-state index in [0.717, 1.165) is 18.5 Å². The van der Waals surface area contributed by atoms with Crippen LogP contribution in [0.3, 0.4) is 0 Å². The Bertz CT molecular complexity index is 1310. The highest BCUT2D eigenvalue weighted by molar-refractivity contribution is 5.98. The number of carboxylic acid groups (broad SMARTS) is 1.